The van der Waals surface area contributed by atoms with Crippen molar-refractivity contribution in [2.24, 2.45) is 7.05 Å². The van der Waals surface area contributed by atoms with Gasteiger partial charge in [-0.3, -0.25) is 9.69 Å². The molecule has 7 nitrogen and oxygen atoms in total. The van der Waals surface area contributed by atoms with Gasteiger partial charge in [0.2, 0.25) is 0 Å². The zero-order chi connectivity index (χ0) is 27.7. The fourth-order valence-corrected chi connectivity index (χ4v) is 5.91. The van der Waals surface area contributed by atoms with E-state index in [-0.39, 0.29) is 36.2 Å². The van der Waals surface area contributed by atoms with Gasteiger partial charge in [0.15, 0.2) is 0 Å². The first-order valence-corrected chi connectivity index (χ1v) is 12.9. The predicted octanol–water partition coefficient (Wildman–Crippen LogP) is 4.61. The average Bonchev–Trinajstić information content (AvgIpc) is 3.40. The molecule has 1 amide bonds. The van der Waals surface area contributed by atoms with Crippen LogP contribution in [0.4, 0.5) is 23.2 Å². The molecule has 0 spiro atoms. The Morgan fingerprint density at radius 1 is 1.15 bits per heavy atom. The molecule has 3 aliphatic heterocycles. The van der Waals surface area contributed by atoms with Gasteiger partial charge in [-0.05, 0) is 54.8 Å². The van der Waals surface area contributed by atoms with E-state index in [1.54, 1.807) is 30.3 Å². The van der Waals surface area contributed by atoms with E-state index in [2.05, 4.69) is 10.2 Å². The molecule has 3 aromatic rings. The quantitative estimate of drug-likeness (QED) is 0.425. The molecular formula is C28H29F4N5O2. The third-order valence-corrected chi connectivity index (χ3v) is 8.29. The highest BCUT2D eigenvalue weighted by molar-refractivity contribution is 6.10. The van der Waals surface area contributed by atoms with Crippen LogP contribution < -0.4 is 4.90 Å². The minimum atomic E-state index is -4.63. The van der Waals surface area contributed by atoms with E-state index in [0.29, 0.717) is 30.9 Å². The van der Waals surface area contributed by atoms with Gasteiger partial charge in [0.25, 0.3) is 5.91 Å². The monoisotopic (exact) mass is 543 g/mol. The van der Waals surface area contributed by atoms with E-state index in [0.717, 1.165) is 17.5 Å². The van der Waals surface area contributed by atoms with Crippen LogP contribution in [-0.2, 0) is 36.3 Å². The molecule has 3 aliphatic rings. The van der Waals surface area contributed by atoms with Crippen molar-refractivity contribution in [2.75, 3.05) is 31.2 Å². The molecule has 0 radical (unpaired) electrons. The maximum Gasteiger partial charge on any atom is 0.416 e. The Kier molecular flexibility index (Phi) is 5.89. The highest BCUT2D eigenvalue weighted by atomic mass is 19.4. The number of nitrogens with zero attached hydrogens (tertiary/aromatic N) is 5. The first kappa shape index (κ1) is 25.9. The van der Waals surface area contributed by atoms with Crippen molar-refractivity contribution in [3.8, 4) is 0 Å². The molecule has 2 aromatic carbocycles. The van der Waals surface area contributed by atoms with Gasteiger partial charge in [-0.25, -0.2) is 4.39 Å². The SMILES string of the molecule is C[C@H](c1cc2c(c(C(F)(F)F)c1)CN(c1cccc(C3(Cc4nncn4C)COC3)c1)C2=O)N1CC(C)(F)C1. The summed E-state index contributed by atoms with van der Waals surface area (Å²) in [6, 6.07) is 9.57. The summed E-state index contributed by atoms with van der Waals surface area (Å²) in [6.07, 6.45) is -2.43. The number of amides is 1. The molecule has 11 heteroatoms. The number of anilines is 1. The van der Waals surface area contributed by atoms with E-state index in [4.69, 9.17) is 4.74 Å². The molecule has 0 aliphatic carbocycles. The van der Waals surface area contributed by atoms with E-state index in [9.17, 15) is 22.4 Å². The Morgan fingerprint density at radius 2 is 1.90 bits per heavy atom. The number of aromatic nitrogens is 3. The first-order chi connectivity index (χ1) is 18.4. The molecule has 1 atom stereocenters. The number of hydrogen-bond donors (Lipinski definition) is 0. The third-order valence-electron chi connectivity index (χ3n) is 8.29. The lowest BCUT2D eigenvalue weighted by atomic mass is 9.75. The van der Waals surface area contributed by atoms with Crippen LogP contribution in [0, 0.1) is 0 Å². The number of rotatable bonds is 6. The van der Waals surface area contributed by atoms with Crippen molar-refractivity contribution in [3.63, 3.8) is 0 Å². The zero-order valence-electron chi connectivity index (χ0n) is 21.9. The lowest BCUT2D eigenvalue weighted by Gasteiger charge is -2.46. The molecule has 39 heavy (non-hydrogen) atoms. The molecule has 2 fully saturated rings. The van der Waals surface area contributed by atoms with Gasteiger partial charge < -0.3 is 14.2 Å². The summed E-state index contributed by atoms with van der Waals surface area (Å²) in [5.41, 5.74) is -0.723. The van der Waals surface area contributed by atoms with Crippen LogP contribution in [-0.4, -0.2) is 57.5 Å². The minimum Gasteiger partial charge on any atom is -0.379 e. The summed E-state index contributed by atoms with van der Waals surface area (Å²) in [4.78, 5) is 16.8. The molecule has 4 heterocycles. The Bertz CT molecular complexity index is 1440. The standard InChI is InChI=1S/C28H29F4N5O2/c1-17(36-12-26(2,29)13-36)18-7-21-22(23(8-18)28(30,31)32)11-37(25(21)38)20-6-4-5-19(9-20)27(14-39-15-27)10-24-34-33-16-35(24)3/h4-9,16-17H,10-15H2,1-3H3/t17-/m1/s1. The molecular weight excluding hydrogens is 514 g/mol. The molecule has 0 unspecified atom stereocenters. The molecule has 2 saturated heterocycles. The van der Waals surface area contributed by atoms with Gasteiger partial charge in [-0.1, -0.05) is 12.1 Å². The second-order valence-corrected chi connectivity index (χ2v) is 11.3. The third kappa shape index (κ3) is 4.41. The zero-order valence-corrected chi connectivity index (χ0v) is 21.9. The van der Waals surface area contributed by atoms with Crippen LogP contribution >= 0.6 is 0 Å². The number of hydrogen-bond acceptors (Lipinski definition) is 5. The normalized spacial score (nSPS) is 20.9. The molecule has 0 N–H and O–H groups in total. The number of benzene rings is 2. The number of carbonyl (C=O) groups is 1. The van der Waals surface area contributed by atoms with Gasteiger partial charge in [0, 0.05) is 49.3 Å². The lowest BCUT2D eigenvalue weighted by Crippen LogP contribution is -2.57. The predicted molar refractivity (Wildman–Crippen MR) is 135 cm³/mol. The summed E-state index contributed by atoms with van der Waals surface area (Å²) < 4.78 is 64.2. The van der Waals surface area contributed by atoms with Crippen molar-refractivity contribution in [1.82, 2.24) is 19.7 Å². The maximum atomic E-state index is 14.2. The fraction of sp³-hybridized carbons (Fsp3) is 0.464. The van der Waals surface area contributed by atoms with Gasteiger partial charge in [-0.15, -0.1) is 10.2 Å². The Hall–Kier alpha value is -3.31. The summed E-state index contributed by atoms with van der Waals surface area (Å²) in [5.74, 6) is 0.313. The second kappa shape index (κ2) is 8.85. The average molecular weight is 544 g/mol. The number of halogens is 4. The summed E-state index contributed by atoms with van der Waals surface area (Å²) in [5, 5.41) is 8.15. The van der Waals surface area contributed by atoms with Gasteiger partial charge in [0.1, 0.15) is 17.8 Å². The van der Waals surface area contributed by atoms with Crippen molar-refractivity contribution in [1.29, 1.82) is 0 Å². The van der Waals surface area contributed by atoms with E-state index >= 15 is 0 Å². The smallest absolute Gasteiger partial charge is 0.379 e. The lowest BCUT2D eigenvalue weighted by molar-refractivity contribution is -0.138. The number of carbonyl (C=O) groups excluding carboxylic acids is 1. The minimum absolute atomic E-state index is 0.0337. The maximum absolute atomic E-state index is 14.2. The number of alkyl halides is 4. The summed E-state index contributed by atoms with van der Waals surface area (Å²) in [7, 11) is 1.87. The van der Waals surface area contributed by atoms with Crippen LogP contribution in [0.5, 0.6) is 0 Å². The Balaban J connectivity index is 1.33. The van der Waals surface area contributed by atoms with Crippen LogP contribution in [0.1, 0.15) is 58.3 Å². The van der Waals surface area contributed by atoms with Gasteiger partial charge in [0.05, 0.1) is 25.3 Å². The van der Waals surface area contributed by atoms with Gasteiger partial charge in [-0.2, -0.15) is 13.2 Å². The molecule has 0 bridgehead atoms. The molecule has 0 saturated carbocycles. The number of fused-ring (bicyclic) bond motifs is 1. The first-order valence-electron chi connectivity index (χ1n) is 12.9. The second-order valence-electron chi connectivity index (χ2n) is 11.3. The largest absolute Gasteiger partial charge is 0.416 e. The topological polar surface area (TPSA) is 63.5 Å². The highest BCUT2D eigenvalue weighted by Crippen LogP contribution is 2.43. The van der Waals surface area contributed by atoms with Crippen molar-refractivity contribution in [3.05, 3.63) is 76.4 Å². The van der Waals surface area contributed by atoms with E-state index in [1.807, 2.05) is 29.8 Å². The fourth-order valence-electron chi connectivity index (χ4n) is 5.91. The molecule has 206 valence electrons. The molecule has 6 rings (SSSR count). The summed E-state index contributed by atoms with van der Waals surface area (Å²) in [6.45, 7) is 4.24. The van der Waals surface area contributed by atoms with E-state index < -0.39 is 29.4 Å². The van der Waals surface area contributed by atoms with Crippen molar-refractivity contribution < 1.29 is 27.1 Å². The van der Waals surface area contributed by atoms with Crippen LogP contribution in [0.25, 0.3) is 0 Å². The van der Waals surface area contributed by atoms with Crippen LogP contribution in [0.2, 0.25) is 0 Å². The van der Waals surface area contributed by atoms with Crippen LogP contribution in [0.15, 0.2) is 42.7 Å². The van der Waals surface area contributed by atoms with Crippen molar-refractivity contribution in [2.45, 2.75) is 50.1 Å². The van der Waals surface area contributed by atoms with Crippen molar-refractivity contribution >= 4 is 11.6 Å². The van der Waals surface area contributed by atoms with Gasteiger partial charge >= 0.3 is 6.18 Å². The Morgan fingerprint density at radius 3 is 2.49 bits per heavy atom. The number of ether oxygens (including phenoxy) is 1. The van der Waals surface area contributed by atoms with Crippen LogP contribution in [0.3, 0.4) is 0 Å². The Labute approximate surface area is 223 Å². The van der Waals surface area contributed by atoms with E-state index in [1.165, 1.54) is 11.8 Å². The number of aryl methyl sites for hydroxylation is 1. The highest BCUT2D eigenvalue weighted by Gasteiger charge is 2.45. The molecule has 1 aromatic heterocycles. The number of likely N-dealkylation sites (tertiary alicyclic amines) is 1. The summed E-state index contributed by atoms with van der Waals surface area (Å²) >= 11 is 0.